The lowest BCUT2D eigenvalue weighted by Crippen LogP contribution is -2.50. The number of carbonyl (C=O) groups is 2. The van der Waals surface area contributed by atoms with Gasteiger partial charge in [-0.3, -0.25) is 4.79 Å². The first-order valence-corrected chi connectivity index (χ1v) is 7.08. The van der Waals surface area contributed by atoms with Crippen molar-refractivity contribution in [2.75, 3.05) is 20.2 Å². The van der Waals surface area contributed by atoms with Crippen LogP contribution in [0.15, 0.2) is 0 Å². The van der Waals surface area contributed by atoms with Crippen LogP contribution in [0.25, 0.3) is 0 Å². The van der Waals surface area contributed by atoms with Crippen molar-refractivity contribution < 1.29 is 19.4 Å². The first kappa shape index (κ1) is 16.8. The number of carboxylic acids is 1. The zero-order valence-electron chi connectivity index (χ0n) is 12.8. The zero-order chi connectivity index (χ0) is 15.3. The Morgan fingerprint density at radius 1 is 1.50 bits per heavy atom. The molecule has 116 valence electrons. The number of urea groups is 1. The van der Waals surface area contributed by atoms with E-state index in [9.17, 15) is 9.59 Å². The van der Waals surface area contributed by atoms with Gasteiger partial charge in [0.05, 0.1) is 11.5 Å². The number of methoxy groups -OCH3 is 1. The summed E-state index contributed by atoms with van der Waals surface area (Å²) in [6.45, 7) is 6.78. The molecule has 2 atom stereocenters. The van der Waals surface area contributed by atoms with Crippen molar-refractivity contribution in [1.29, 1.82) is 0 Å². The molecule has 0 saturated carbocycles. The Bertz CT molecular complexity index is 357. The lowest BCUT2D eigenvalue weighted by molar-refractivity contribution is -0.143. The summed E-state index contributed by atoms with van der Waals surface area (Å²) in [5, 5.41) is 11.9. The molecule has 20 heavy (non-hydrogen) atoms. The first-order chi connectivity index (χ1) is 9.25. The van der Waals surface area contributed by atoms with E-state index in [0.717, 1.165) is 6.42 Å². The van der Waals surface area contributed by atoms with Gasteiger partial charge < -0.3 is 20.1 Å². The SMILES string of the molecule is COC(C)(C)CC(C)NC(=O)N1CCCC(C(=O)O)C1. The molecule has 2 unspecified atom stereocenters. The van der Waals surface area contributed by atoms with Crippen molar-refractivity contribution in [3.05, 3.63) is 0 Å². The number of hydrogen-bond donors (Lipinski definition) is 2. The normalized spacial score (nSPS) is 21.4. The Morgan fingerprint density at radius 2 is 2.15 bits per heavy atom. The van der Waals surface area contributed by atoms with Crippen molar-refractivity contribution >= 4 is 12.0 Å². The zero-order valence-corrected chi connectivity index (χ0v) is 12.8. The predicted molar refractivity (Wildman–Crippen MR) is 75.6 cm³/mol. The molecular formula is C14H26N2O4. The standard InChI is InChI=1S/C14H26N2O4/c1-10(8-14(2,3)20-4)15-13(19)16-7-5-6-11(9-16)12(17)18/h10-11H,5-9H2,1-4H3,(H,15,19)(H,17,18). The molecule has 0 bridgehead atoms. The summed E-state index contributed by atoms with van der Waals surface area (Å²) < 4.78 is 5.34. The minimum atomic E-state index is -0.823. The van der Waals surface area contributed by atoms with E-state index < -0.39 is 11.9 Å². The van der Waals surface area contributed by atoms with E-state index in [2.05, 4.69) is 5.32 Å². The lowest BCUT2D eigenvalue weighted by atomic mass is 9.98. The van der Waals surface area contributed by atoms with E-state index in [0.29, 0.717) is 25.9 Å². The van der Waals surface area contributed by atoms with Gasteiger partial charge in [0, 0.05) is 26.2 Å². The third kappa shape index (κ3) is 5.00. The van der Waals surface area contributed by atoms with Gasteiger partial charge in [-0.25, -0.2) is 4.79 Å². The molecule has 2 N–H and O–H groups in total. The van der Waals surface area contributed by atoms with Crippen molar-refractivity contribution in [3.63, 3.8) is 0 Å². The highest BCUT2D eigenvalue weighted by Crippen LogP contribution is 2.18. The van der Waals surface area contributed by atoms with Crippen molar-refractivity contribution in [2.45, 2.75) is 51.7 Å². The van der Waals surface area contributed by atoms with Gasteiger partial charge in [-0.1, -0.05) is 0 Å². The van der Waals surface area contributed by atoms with Crippen molar-refractivity contribution in [1.82, 2.24) is 10.2 Å². The van der Waals surface area contributed by atoms with Gasteiger partial charge >= 0.3 is 12.0 Å². The molecule has 1 rings (SSSR count). The second-order valence-corrected chi connectivity index (χ2v) is 6.14. The minimum absolute atomic E-state index is 0.0253. The summed E-state index contributed by atoms with van der Waals surface area (Å²) >= 11 is 0. The van der Waals surface area contributed by atoms with E-state index in [1.54, 1.807) is 12.0 Å². The van der Waals surface area contributed by atoms with E-state index >= 15 is 0 Å². The number of piperidine rings is 1. The molecule has 1 heterocycles. The molecule has 0 radical (unpaired) electrons. The second-order valence-electron chi connectivity index (χ2n) is 6.14. The number of ether oxygens (including phenoxy) is 1. The van der Waals surface area contributed by atoms with Crippen LogP contribution in [0.1, 0.15) is 40.0 Å². The Labute approximate surface area is 120 Å². The van der Waals surface area contributed by atoms with E-state index in [-0.39, 0.29) is 17.7 Å². The molecule has 6 nitrogen and oxygen atoms in total. The molecular weight excluding hydrogens is 260 g/mol. The molecule has 1 aliphatic heterocycles. The Morgan fingerprint density at radius 3 is 2.70 bits per heavy atom. The number of nitrogens with one attached hydrogen (secondary N) is 1. The predicted octanol–water partition coefficient (Wildman–Crippen LogP) is 1.70. The number of hydrogen-bond acceptors (Lipinski definition) is 3. The van der Waals surface area contributed by atoms with Gasteiger partial charge in [-0.15, -0.1) is 0 Å². The number of carbonyl (C=O) groups excluding carboxylic acids is 1. The fraction of sp³-hybridized carbons (Fsp3) is 0.857. The number of aliphatic carboxylic acids is 1. The van der Waals surface area contributed by atoms with Crippen LogP contribution in [-0.4, -0.2) is 53.8 Å². The molecule has 1 aliphatic rings. The lowest BCUT2D eigenvalue weighted by Gasteiger charge is -2.33. The number of carboxylic acid groups (broad SMARTS) is 1. The largest absolute Gasteiger partial charge is 0.481 e. The third-order valence-corrected chi connectivity index (χ3v) is 3.78. The Kier molecular flexibility index (Phi) is 5.80. The van der Waals surface area contributed by atoms with Crippen LogP contribution in [0.3, 0.4) is 0 Å². The monoisotopic (exact) mass is 286 g/mol. The summed E-state index contributed by atoms with van der Waals surface area (Å²) in [5.41, 5.74) is -0.293. The van der Waals surface area contributed by atoms with Crippen LogP contribution in [-0.2, 0) is 9.53 Å². The number of likely N-dealkylation sites (tertiary alicyclic amines) is 1. The van der Waals surface area contributed by atoms with E-state index in [1.807, 2.05) is 20.8 Å². The molecule has 0 spiro atoms. The summed E-state index contributed by atoms with van der Waals surface area (Å²) in [5.74, 6) is -1.27. The number of nitrogens with zero attached hydrogens (tertiary/aromatic N) is 1. The molecule has 0 aromatic heterocycles. The summed E-state index contributed by atoms with van der Waals surface area (Å²) in [7, 11) is 1.65. The number of amides is 2. The fourth-order valence-corrected chi connectivity index (χ4v) is 2.54. The van der Waals surface area contributed by atoms with Crippen molar-refractivity contribution in [2.24, 2.45) is 5.92 Å². The average molecular weight is 286 g/mol. The minimum Gasteiger partial charge on any atom is -0.481 e. The summed E-state index contributed by atoms with van der Waals surface area (Å²) in [4.78, 5) is 24.7. The maximum atomic E-state index is 12.1. The van der Waals surface area contributed by atoms with Crippen LogP contribution in [0, 0.1) is 5.92 Å². The third-order valence-electron chi connectivity index (χ3n) is 3.78. The second kappa shape index (κ2) is 6.92. The highest BCUT2D eigenvalue weighted by molar-refractivity contribution is 5.76. The number of rotatable bonds is 5. The van der Waals surface area contributed by atoms with E-state index in [4.69, 9.17) is 9.84 Å². The molecule has 0 aliphatic carbocycles. The van der Waals surface area contributed by atoms with Crippen LogP contribution in [0.5, 0.6) is 0 Å². The maximum absolute atomic E-state index is 12.1. The average Bonchev–Trinajstić information content (AvgIpc) is 2.38. The summed E-state index contributed by atoms with van der Waals surface area (Å²) in [6, 6.07) is -0.210. The van der Waals surface area contributed by atoms with Gasteiger partial charge in [-0.2, -0.15) is 0 Å². The molecule has 1 saturated heterocycles. The van der Waals surface area contributed by atoms with Crippen LogP contribution < -0.4 is 5.32 Å². The Balaban J connectivity index is 2.47. The van der Waals surface area contributed by atoms with Crippen LogP contribution in [0.4, 0.5) is 4.79 Å². The summed E-state index contributed by atoms with van der Waals surface area (Å²) in [6.07, 6.45) is 2.08. The highest BCUT2D eigenvalue weighted by Gasteiger charge is 2.29. The topological polar surface area (TPSA) is 78.9 Å². The van der Waals surface area contributed by atoms with E-state index in [1.165, 1.54) is 0 Å². The van der Waals surface area contributed by atoms with Crippen molar-refractivity contribution in [3.8, 4) is 0 Å². The molecule has 1 fully saturated rings. The fourth-order valence-electron chi connectivity index (χ4n) is 2.54. The molecule has 6 heteroatoms. The van der Waals surface area contributed by atoms with Crippen LogP contribution in [0.2, 0.25) is 0 Å². The van der Waals surface area contributed by atoms with Gasteiger partial charge in [0.15, 0.2) is 0 Å². The first-order valence-electron chi connectivity index (χ1n) is 7.08. The highest BCUT2D eigenvalue weighted by atomic mass is 16.5. The molecule has 0 aromatic carbocycles. The van der Waals surface area contributed by atoms with Gasteiger partial charge in [0.1, 0.15) is 0 Å². The van der Waals surface area contributed by atoms with Crippen LogP contribution >= 0.6 is 0 Å². The molecule has 0 aromatic rings. The Hall–Kier alpha value is -1.30. The quantitative estimate of drug-likeness (QED) is 0.806. The van der Waals surface area contributed by atoms with Gasteiger partial charge in [0.25, 0.3) is 0 Å². The maximum Gasteiger partial charge on any atom is 0.317 e. The molecule has 2 amide bonds. The van der Waals surface area contributed by atoms with Gasteiger partial charge in [0.2, 0.25) is 0 Å². The smallest absolute Gasteiger partial charge is 0.317 e. The van der Waals surface area contributed by atoms with Gasteiger partial charge in [-0.05, 0) is 40.0 Å².